The molecule has 0 aliphatic heterocycles. The molecule has 0 saturated carbocycles. The molecule has 20 heavy (non-hydrogen) atoms. The normalized spacial score (nSPS) is 11.8. The predicted molar refractivity (Wildman–Crippen MR) is 81.7 cm³/mol. The number of hydrogen-bond acceptors (Lipinski definition) is 4. The first-order valence-electron chi connectivity index (χ1n) is 7.10. The minimum absolute atomic E-state index is 0.124. The van der Waals surface area contributed by atoms with E-state index in [1.165, 1.54) is 0 Å². The number of hydrogen-bond donors (Lipinski definition) is 1. The van der Waals surface area contributed by atoms with E-state index in [1.54, 1.807) is 0 Å². The number of rotatable bonds is 9. The van der Waals surface area contributed by atoms with Gasteiger partial charge in [0, 0.05) is 6.04 Å². The smallest absolute Gasteiger partial charge is 0.203 e. The van der Waals surface area contributed by atoms with Gasteiger partial charge in [-0.05, 0) is 44.9 Å². The molecule has 0 aromatic heterocycles. The molecular weight excluding hydrogens is 254 g/mol. The van der Waals surface area contributed by atoms with Gasteiger partial charge in [0.15, 0.2) is 11.5 Å². The third-order valence-electron chi connectivity index (χ3n) is 2.78. The summed E-state index contributed by atoms with van der Waals surface area (Å²) in [6.07, 6.45) is 2.51. The number of nitrogens with two attached hydrogens (primary N) is 1. The molecule has 1 aromatic rings. The molecule has 0 aliphatic rings. The van der Waals surface area contributed by atoms with Crippen molar-refractivity contribution in [2.45, 2.75) is 33.2 Å². The van der Waals surface area contributed by atoms with Crippen LogP contribution in [0.2, 0.25) is 0 Å². The molecule has 1 atom stereocenters. The summed E-state index contributed by atoms with van der Waals surface area (Å²) in [4.78, 5) is 0. The maximum absolute atomic E-state index is 6.14. The van der Waals surface area contributed by atoms with Crippen LogP contribution in [0.4, 0.5) is 0 Å². The highest BCUT2D eigenvalue weighted by molar-refractivity contribution is 5.54. The van der Waals surface area contributed by atoms with Crippen molar-refractivity contribution in [3.63, 3.8) is 0 Å². The van der Waals surface area contributed by atoms with Gasteiger partial charge in [0.25, 0.3) is 0 Å². The molecule has 0 heterocycles. The van der Waals surface area contributed by atoms with Crippen LogP contribution in [0.1, 0.15) is 38.8 Å². The van der Waals surface area contributed by atoms with Gasteiger partial charge >= 0.3 is 0 Å². The Morgan fingerprint density at radius 2 is 1.55 bits per heavy atom. The molecule has 0 aliphatic carbocycles. The highest BCUT2D eigenvalue weighted by atomic mass is 16.5. The second kappa shape index (κ2) is 8.48. The van der Waals surface area contributed by atoms with Gasteiger partial charge in [0.1, 0.15) is 0 Å². The van der Waals surface area contributed by atoms with E-state index in [9.17, 15) is 0 Å². The maximum Gasteiger partial charge on any atom is 0.203 e. The monoisotopic (exact) mass is 279 g/mol. The van der Waals surface area contributed by atoms with Crippen molar-refractivity contribution in [2.24, 2.45) is 5.73 Å². The summed E-state index contributed by atoms with van der Waals surface area (Å²) in [5.74, 6) is 2.00. The average molecular weight is 279 g/mol. The van der Waals surface area contributed by atoms with Crippen molar-refractivity contribution in [3.05, 3.63) is 30.4 Å². The summed E-state index contributed by atoms with van der Waals surface area (Å²) in [6.45, 7) is 11.2. The first-order valence-corrected chi connectivity index (χ1v) is 7.10. The van der Waals surface area contributed by atoms with Gasteiger partial charge in [-0.2, -0.15) is 0 Å². The Hall–Kier alpha value is -1.68. The van der Waals surface area contributed by atoms with Crippen LogP contribution in [0.3, 0.4) is 0 Å². The molecular formula is C16H25NO3. The van der Waals surface area contributed by atoms with E-state index in [-0.39, 0.29) is 6.04 Å². The second-order valence-electron chi connectivity index (χ2n) is 4.28. The molecule has 0 bridgehead atoms. The molecule has 2 N–H and O–H groups in total. The predicted octanol–water partition coefficient (Wildman–Crippen LogP) is 3.46. The number of ether oxygens (including phenoxy) is 3. The lowest BCUT2D eigenvalue weighted by molar-refractivity contribution is 0.260. The quantitative estimate of drug-likeness (QED) is 0.703. The van der Waals surface area contributed by atoms with E-state index < -0.39 is 0 Å². The van der Waals surface area contributed by atoms with E-state index in [1.807, 2.05) is 39.0 Å². The van der Waals surface area contributed by atoms with Crippen LogP contribution in [-0.4, -0.2) is 19.8 Å². The molecule has 0 fully saturated rings. The van der Waals surface area contributed by atoms with Gasteiger partial charge in [-0.15, -0.1) is 6.58 Å². The third-order valence-corrected chi connectivity index (χ3v) is 2.78. The van der Waals surface area contributed by atoms with Gasteiger partial charge in [-0.3, -0.25) is 0 Å². The van der Waals surface area contributed by atoms with Crippen LogP contribution < -0.4 is 19.9 Å². The minimum atomic E-state index is -0.124. The van der Waals surface area contributed by atoms with Crippen LogP contribution in [0.5, 0.6) is 17.2 Å². The molecule has 4 heteroatoms. The van der Waals surface area contributed by atoms with Crippen molar-refractivity contribution in [1.29, 1.82) is 0 Å². The molecule has 112 valence electrons. The van der Waals surface area contributed by atoms with E-state index in [0.29, 0.717) is 43.5 Å². The fourth-order valence-electron chi connectivity index (χ4n) is 1.94. The standard InChI is InChI=1S/C16H25NO3/c1-5-9-13(17)12-10-14(18-6-2)16(20-8-4)15(11-12)19-7-3/h5,10-11,13H,1,6-9,17H2,2-4H3. The van der Waals surface area contributed by atoms with Crippen molar-refractivity contribution in [1.82, 2.24) is 0 Å². The first kappa shape index (κ1) is 16.4. The van der Waals surface area contributed by atoms with Gasteiger partial charge in [-0.1, -0.05) is 6.08 Å². The van der Waals surface area contributed by atoms with Crippen LogP contribution in [-0.2, 0) is 0 Å². The van der Waals surface area contributed by atoms with Crippen molar-refractivity contribution in [3.8, 4) is 17.2 Å². The second-order valence-corrected chi connectivity index (χ2v) is 4.28. The summed E-state index contributed by atoms with van der Waals surface area (Å²) in [7, 11) is 0. The Morgan fingerprint density at radius 3 is 1.95 bits per heavy atom. The molecule has 1 aromatic carbocycles. The van der Waals surface area contributed by atoms with E-state index in [4.69, 9.17) is 19.9 Å². The van der Waals surface area contributed by atoms with Gasteiger partial charge in [0.2, 0.25) is 5.75 Å². The van der Waals surface area contributed by atoms with Crippen molar-refractivity contribution in [2.75, 3.05) is 19.8 Å². The molecule has 0 saturated heterocycles. The topological polar surface area (TPSA) is 53.7 Å². The molecule has 1 rings (SSSR count). The fraction of sp³-hybridized carbons (Fsp3) is 0.500. The lowest BCUT2D eigenvalue weighted by Gasteiger charge is -2.19. The highest BCUT2D eigenvalue weighted by Crippen LogP contribution is 2.40. The Kier molecular flexibility index (Phi) is 6.94. The first-order chi connectivity index (χ1) is 9.67. The SMILES string of the molecule is C=CCC(N)c1cc(OCC)c(OCC)c(OCC)c1. The molecule has 4 nitrogen and oxygen atoms in total. The zero-order chi connectivity index (χ0) is 15.0. The average Bonchev–Trinajstić information content (AvgIpc) is 2.43. The van der Waals surface area contributed by atoms with Crippen LogP contribution >= 0.6 is 0 Å². The van der Waals surface area contributed by atoms with Gasteiger partial charge < -0.3 is 19.9 Å². The maximum atomic E-state index is 6.14. The molecule has 0 amide bonds. The summed E-state index contributed by atoms with van der Waals surface area (Å²) in [5.41, 5.74) is 7.10. The summed E-state index contributed by atoms with van der Waals surface area (Å²) < 4.78 is 17.0. The van der Waals surface area contributed by atoms with Crippen LogP contribution in [0, 0.1) is 0 Å². The Balaban J connectivity index is 3.24. The fourth-order valence-corrected chi connectivity index (χ4v) is 1.94. The summed E-state index contributed by atoms with van der Waals surface area (Å²) in [5, 5.41) is 0. The minimum Gasteiger partial charge on any atom is -0.490 e. The third kappa shape index (κ3) is 4.17. The largest absolute Gasteiger partial charge is 0.490 e. The lowest BCUT2D eigenvalue weighted by atomic mass is 10.0. The lowest BCUT2D eigenvalue weighted by Crippen LogP contribution is -2.11. The van der Waals surface area contributed by atoms with Gasteiger partial charge in [0.05, 0.1) is 19.8 Å². The van der Waals surface area contributed by atoms with Crippen LogP contribution in [0.25, 0.3) is 0 Å². The van der Waals surface area contributed by atoms with Crippen molar-refractivity contribution >= 4 is 0 Å². The Labute approximate surface area is 121 Å². The van der Waals surface area contributed by atoms with E-state index in [0.717, 1.165) is 5.56 Å². The Bertz CT molecular complexity index is 405. The van der Waals surface area contributed by atoms with Crippen molar-refractivity contribution < 1.29 is 14.2 Å². The zero-order valence-electron chi connectivity index (χ0n) is 12.6. The highest BCUT2D eigenvalue weighted by Gasteiger charge is 2.17. The summed E-state index contributed by atoms with van der Waals surface area (Å²) >= 11 is 0. The van der Waals surface area contributed by atoms with Gasteiger partial charge in [-0.25, -0.2) is 0 Å². The zero-order valence-corrected chi connectivity index (χ0v) is 12.6. The Morgan fingerprint density at radius 1 is 1.05 bits per heavy atom. The van der Waals surface area contributed by atoms with E-state index >= 15 is 0 Å². The summed E-state index contributed by atoms with van der Waals surface area (Å²) in [6, 6.07) is 3.72. The molecule has 0 spiro atoms. The molecule has 0 radical (unpaired) electrons. The molecule has 1 unspecified atom stereocenters. The van der Waals surface area contributed by atoms with Crippen LogP contribution in [0.15, 0.2) is 24.8 Å². The van der Waals surface area contributed by atoms with E-state index in [2.05, 4.69) is 6.58 Å². The number of benzene rings is 1.